The van der Waals surface area contributed by atoms with Crippen molar-refractivity contribution >= 4 is 51.1 Å². The Morgan fingerprint density at radius 3 is 2.73 bits per heavy atom. The standard InChI is InChI=1S/C19H16ClFN4O3S2/c20-16-7-8-17(29-16)25(30(27)28)14-5-6-15-12(9-14)10-22-19(23-15)24-18(26)11-1-3-13(21)4-2-11/h1-4,7-8,10,14H,5-6,9H2,(H,27,28)(H,22,23,24,26). The van der Waals surface area contributed by atoms with Crippen LogP contribution in [-0.4, -0.2) is 30.7 Å². The lowest BCUT2D eigenvalue weighted by atomic mass is 9.93. The highest BCUT2D eigenvalue weighted by molar-refractivity contribution is 7.81. The SMILES string of the molecule is O=C(Nc1ncc2c(n1)CCC(N(c1ccc(Cl)s1)S(=O)O)C2)c1ccc(F)cc1. The Kier molecular flexibility index (Phi) is 6.09. The smallest absolute Gasteiger partial charge is 0.262 e. The third-order valence-corrected chi connectivity index (χ3v) is 6.91. The van der Waals surface area contributed by atoms with Crippen molar-refractivity contribution in [1.29, 1.82) is 0 Å². The van der Waals surface area contributed by atoms with E-state index in [-0.39, 0.29) is 12.0 Å². The molecule has 4 rings (SSSR count). The van der Waals surface area contributed by atoms with Crippen molar-refractivity contribution in [2.24, 2.45) is 0 Å². The summed E-state index contributed by atoms with van der Waals surface area (Å²) in [4.78, 5) is 20.9. The summed E-state index contributed by atoms with van der Waals surface area (Å²) in [7, 11) is 0. The summed E-state index contributed by atoms with van der Waals surface area (Å²) in [6.45, 7) is 0. The number of anilines is 2. The van der Waals surface area contributed by atoms with E-state index in [2.05, 4.69) is 15.3 Å². The number of nitrogens with zero attached hydrogens (tertiary/aromatic N) is 3. The van der Waals surface area contributed by atoms with Gasteiger partial charge in [0, 0.05) is 17.5 Å². The third-order valence-electron chi connectivity index (χ3n) is 4.73. The summed E-state index contributed by atoms with van der Waals surface area (Å²) in [5.41, 5.74) is 1.93. The molecule has 1 aromatic carbocycles. The number of aromatic nitrogens is 2. The third kappa shape index (κ3) is 4.51. The molecule has 0 fully saturated rings. The number of nitrogens with one attached hydrogen (secondary N) is 1. The number of rotatable bonds is 5. The summed E-state index contributed by atoms with van der Waals surface area (Å²) in [6.07, 6.45) is 3.28. The Balaban J connectivity index is 1.49. The van der Waals surface area contributed by atoms with Crippen LogP contribution in [0.15, 0.2) is 42.6 Å². The van der Waals surface area contributed by atoms with Gasteiger partial charge in [-0.15, -0.1) is 11.3 Å². The van der Waals surface area contributed by atoms with Gasteiger partial charge in [0.1, 0.15) is 10.8 Å². The van der Waals surface area contributed by atoms with Crippen LogP contribution in [0.4, 0.5) is 15.3 Å². The summed E-state index contributed by atoms with van der Waals surface area (Å²) < 4.78 is 36.8. The fourth-order valence-electron chi connectivity index (χ4n) is 3.33. The van der Waals surface area contributed by atoms with Gasteiger partial charge in [-0.1, -0.05) is 11.6 Å². The van der Waals surface area contributed by atoms with E-state index in [1.807, 2.05) is 0 Å². The van der Waals surface area contributed by atoms with Crippen LogP contribution in [0.1, 0.15) is 28.0 Å². The molecule has 0 spiro atoms. The second-order valence-corrected chi connectivity index (χ2v) is 9.21. The first-order valence-electron chi connectivity index (χ1n) is 8.98. The predicted molar refractivity (Wildman–Crippen MR) is 115 cm³/mol. The highest BCUT2D eigenvalue weighted by Gasteiger charge is 2.30. The Hall–Kier alpha value is -2.40. The number of thiophene rings is 1. The molecular formula is C19H16ClFN4O3S2. The van der Waals surface area contributed by atoms with E-state index in [0.717, 1.165) is 11.3 Å². The van der Waals surface area contributed by atoms with Crippen LogP contribution < -0.4 is 9.62 Å². The molecule has 1 aliphatic rings. The van der Waals surface area contributed by atoms with Crippen molar-refractivity contribution < 1.29 is 17.9 Å². The number of hydrogen-bond donors (Lipinski definition) is 2. The summed E-state index contributed by atoms with van der Waals surface area (Å²) in [5.74, 6) is -0.692. The number of aryl methyl sites for hydroxylation is 1. The Morgan fingerprint density at radius 2 is 2.07 bits per heavy atom. The van der Waals surface area contributed by atoms with Crippen molar-refractivity contribution in [1.82, 2.24) is 9.97 Å². The van der Waals surface area contributed by atoms with Crippen molar-refractivity contribution in [2.75, 3.05) is 9.62 Å². The lowest BCUT2D eigenvalue weighted by Gasteiger charge is -2.32. The zero-order chi connectivity index (χ0) is 21.3. The highest BCUT2D eigenvalue weighted by Crippen LogP contribution is 2.35. The Bertz CT molecular complexity index is 1110. The van der Waals surface area contributed by atoms with Gasteiger partial charge in [-0.05, 0) is 61.2 Å². The van der Waals surface area contributed by atoms with Crippen LogP contribution in [0.3, 0.4) is 0 Å². The molecule has 2 heterocycles. The molecule has 1 amide bonds. The number of amides is 1. The first-order valence-corrected chi connectivity index (χ1v) is 11.2. The Morgan fingerprint density at radius 1 is 1.30 bits per heavy atom. The monoisotopic (exact) mass is 466 g/mol. The zero-order valence-corrected chi connectivity index (χ0v) is 17.8. The lowest BCUT2D eigenvalue weighted by Crippen LogP contribution is -2.40. The van der Waals surface area contributed by atoms with Crippen molar-refractivity contribution in [3.05, 3.63) is 69.6 Å². The molecule has 0 aliphatic heterocycles. The number of carbonyl (C=O) groups excluding carboxylic acids is 1. The topological polar surface area (TPSA) is 95.4 Å². The molecule has 2 aromatic heterocycles. The number of benzene rings is 1. The highest BCUT2D eigenvalue weighted by atomic mass is 35.5. The molecule has 7 nitrogen and oxygen atoms in total. The first-order chi connectivity index (χ1) is 14.4. The lowest BCUT2D eigenvalue weighted by molar-refractivity contribution is 0.102. The number of halogens is 2. The van der Waals surface area contributed by atoms with Crippen molar-refractivity contribution in [3.8, 4) is 0 Å². The van der Waals surface area contributed by atoms with Gasteiger partial charge in [0.25, 0.3) is 17.2 Å². The quantitative estimate of drug-likeness (QED) is 0.552. The molecule has 0 bridgehead atoms. The van der Waals surface area contributed by atoms with Crippen molar-refractivity contribution in [3.63, 3.8) is 0 Å². The maximum atomic E-state index is 13.0. The summed E-state index contributed by atoms with van der Waals surface area (Å²) in [6, 6.07) is 8.39. The molecule has 11 heteroatoms. The first kappa shape index (κ1) is 20.9. The molecule has 3 aromatic rings. The van der Waals surface area contributed by atoms with E-state index >= 15 is 0 Å². The molecule has 0 saturated carbocycles. The number of hydrogen-bond acceptors (Lipinski definition) is 5. The minimum atomic E-state index is -2.19. The van der Waals surface area contributed by atoms with Gasteiger partial charge in [-0.25, -0.2) is 18.6 Å². The predicted octanol–water partition coefficient (Wildman–Crippen LogP) is 4.08. The maximum Gasteiger partial charge on any atom is 0.262 e. The van der Waals surface area contributed by atoms with Gasteiger partial charge >= 0.3 is 0 Å². The van der Waals surface area contributed by atoms with E-state index in [0.29, 0.717) is 34.2 Å². The van der Waals surface area contributed by atoms with Crippen LogP contribution in [0.5, 0.6) is 0 Å². The van der Waals surface area contributed by atoms with Crippen LogP contribution >= 0.6 is 22.9 Å². The average Bonchev–Trinajstić information content (AvgIpc) is 3.14. The molecular weight excluding hydrogens is 451 g/mol. The summed E-state index contributed by atoms with van der Waals surface area (Å²) in [5, 5.41) is 3.24. The van der Waals surface area contributed by atoms with E-state index in [1.165, 1.54) is 39.9 Å². The van der Waals surface area contributed by atoms with Crippen LogP contribution in [-0.2, 0) is 24.1 Å². The summed E-state index contributed by atoms with van der Waals surface area (Å²) >= 11 is 5.03. The number of carbonyl (C=O) groups is 1. The average molecular weight is 467 g/mol. The fraction of sp³-hybridized carbons (Fsp3) is 0.211. The minimum absolute atomic E-state index is 0.161. The van der Waals surface area contributed by atoms with Crippen molar-refractivity contribution in [2.45, 2.75) is 25.3 Å². The maximum absolute atomic E-state index is 13.0. The molecule has 2 N–H and O–H groups in total. The molecule has 2 atom stereocenters. The van der Waals surface area contributed by atoms with E-state index in [1.54, 1.807) is 18.3 Å². The molecule has 0 radical (unpaired) electrons. The van der Waals surface area contributed by atoms with Gasteiger partial charge in [0.05, 0.1) is 10.4 Å². The molecule has 0 saturated heterocycles. The molecule has 1 aliphatic carbocycles. The molecule has 30 heavy (non-hydrogen) atoms. The number of fused-ring (bicyclic) bond motifs is 1. The van der Waals surface area contributed by atoms with Crippen LogP contribution in [0, 0.1) is 5.82 Å². The minimum Gasteiger partial charge on any atom is -0.290 e. The zero-order valence-electron chi connectivity index (χ0n) is 15.4. The van der Waals surface area contributed by atoms with Gasteiger partial charge in [0.2, 0.25) is 5.95 Å². The van der Waals surface area contributed by atoms with E-state index in [4.69, 9.17) is 11.6 Å². The van der Waals surface area contributed by atoms with Crippen LogP contribution in [0.25, 0.3) is 0 Å². The Labute approximate surface area is 183 Å². The fourth-order valence-corrected chi connectivity index (χ4v) is 5.30. The normalized spacial score (nSPS) is 16.6. The van der Waals surface area contributed by atoms with Gasteiger partial charge < -0.3 is 0 Å². The molecule has 156 valence electrons. The van der Waals surface area contributed by atoms with Gasteiger partial charge in [-0.3, -0.25) is 19.0 Å². The van der Waals surface area contributed by atoms with Gasteiger partial charge in [0.15, 0.2) is 0 Å². The second kappa shape index (κ2) is 8.76. The van der Waals surface area contributed by atoms with Gasteiger partial charge in [-0.2, -0.15) is 0 Å². The van der Waals surface area contributed by atoms with E-state index in [9.17, 15) is 17.9 Å². The second-order valence-electron chi connectivity index (χ2n) is 6.66. The van der Waals surface area contributed by atoms with Crippen LogP contribution in [0.2, 0.25) is 4.34 Å². The molecule has 2 unspecified atom stereocenters. The van der Waals surface area contributed by atoms with E-state index < -0.39 is 23.0 Å². The largest absolute Gasteiger partial charge is 0.290 e.